The Morgan fingerprint density at radius 2 is 1.08 bits per heavy atom. The Kier molecular flexibility index (Phi) is 20.4. The Labute approximate surface area is 312 Å². The number of esters is 3. The molecule has 0 aliphatic heterocycles. The minimum atomic E-state index is -1.71. The number of ketones is 1. The van der Waals surface area contributed by atoms with Crippen LogP contribution >= 0.6 is 0 Å². The van der Waals surface area contributed by atoms with Gasteiger partial charge in [0.15, 0.2) is 11.9 Å². The summed E-state index contributed by atoms with van der Waals surface area (Å²) in [6, 6.07) is 5.61. The zero-order chi connectivity index (χ0) is 39.5. The van der Waals surface area contributed by atoms with Crippen LogP contribution in [0.25, 0.3) is 0 Å². The maximum atomic E-state index is 13.6. The van der Waals surface area contributed by atoms with Gasteiger partial charge >= 0.3 is 23.9 Å². The second-order valence-electron chi connectivity index (χ2n) is 17.1. The maximum Gasteiger partial charge on any atom is 0.336 e. The first-order chi connectivity index (χ1) is 24.1. The van der Waals surface area contributed by atoms with Gasteiger partial charge in [0.1, 0.15) is 18.8 Å². The summed E-state index contributed by atoms with van der Waals surface area (Å²) >= 11 is 0. The number of aliphatic hydroxyl groups is 1. The summed E-state index contributed by atoms with van der Waals surface area (Å²) in [5, 5.41) is 20.1. The van der Waals surface area contributed by atoms with Gasteiger partial charge in [0.25, 0.3) is 0 Å². The molecule has 296 valence electrons. The summed E-state index contributed by atoms with van der Waals surface area (Å²) in [5.41, 5.74) is -0.928. The lowest BCUT2D eigenvalue weighted by molar-refractivity contribution is -0.158. The number of unbranched alkanes of at least 4 members (excludes halogenated alkanes) is 4. The highest BCUT2D eigenvalue weighted by Crippen LogP contribution is 2.34. The molecule has 10 nitrogen and oxygen atoms in total. The first-order valence-electron chi connectivity index (χ1n) is 19.2. The Balaban J connectivity index is 2.90. The zero-order valence-corrected chi connectivity index (χ0v) is 33.5. The molecule has 0 saturated carbocycles. The lowest BCUT2D eigenvalue weighted by Gasteiger charge is -2.28. The number of rotatable bonds is 25. The number of aliphatic hydroxyl groups excluding tert-OH is 1. The van der Waals surface area contributed by atoms with Crippen molar-refractivity contribution in [1.82, 2.24) is 0 Å². The fourth-order valence-electron chi connectivity index (χ4n) is 6.37. The van der Waals surface area contributed by atoms with Crippen LogP contribution in [0, 0.1) is 16.2 Å². The largest absolute Gasteiger partial charge is 0.478 e. The highest BCUT2D eigenvalue weighted by Gasteiger charge is 2.35. The van der Waals surface area contributed by atoms with Crippen molar-refractivity contribution in [1.29, 1.82) is 0 Å². The average molecular weight is 733 g/mol. The highest BCUT2D eigenvalue weighted by molar-refractivity contribution is 6.07. The minimum Gasteiger partial charge on any atom is -0.478 e. The first kappa shape index (κ1) is 46.8. The van der Waals surface area contributed by atoms with E-state index in [-0.39, 0.29) is 46.1 Å². The van der Waals surface area contributed by atoms with E-state index in [4.69, 9.17) is 14.2 Å². The molecule has 0 spiro atoms. The fourth-order valence-corrected chi connectivity index (χ4v) is 6.37. The van der Waals surface area contributed by atoms with Crippen LogP contribution in [-0.4, -0.2) is 64.8 Å². The van der Waals surface area contributed by atoms with E-state index in [2.05, 4.69) is 41.5 Å². The van der Waals surface area contributed by atoms with Gasteiger partial charge < -0.3 is 24.4 Å². The topological polar surface area (TPSA) is 154 Å². The van der Waals surface area contributed by atoms with E-state index in [0.29, 0.717) is 12.8 Å². The number of carbonyl (C=O) groups is 5. The van der Waals surface area contributed by atoms with Gasteiger partial charge in [0, 0.05) is 19.4 Å². The summed E-state index contributed by atoms with van der Waals surface area (Å²) in [6.45, 7) is 17.2. The van der Waals surface area contributed by atoms with E-state index in [0.717, 1.165) is 83.5 Å². The number of hydrogen-bond donors (Lipinski definition) is 2. The van der Waals surface area contributed by atoms with Crippen LogP contribution in [-0.2, 0) is 28.6 Å². The van der Waals surface area contributed by atoms with Gasteiger partial charge in [0.05, 0.1) is 11.0 Å². The van der Waals surface area contributed by atoms with Crippen molar-refractivity contribution in [2.24, 2.45) is 16.2 Å². The number of hydrogen-bond acceptors (Lipinski definition) is 9. The number of carboxylic acids is 1. The Morgan fingerprint density at radius 1 is 0.615 bits per heavy atom. The van der Waals surface area contributed by atoms with Gasteiger partial charge in [-0.05, 0) is 94.4 Å². The average Bonchev–Trinajstić information content (AvgIpc) is 3.03. The van der Waals surface area contributed by atoms with E-state index in [1.54, 1.807) is 0 Å². The third-order valence-corrected chi connectivity index (χ3v) is 9.43. The number of carboxylic acid groups (broad SMARTS) is 1. The van der Waals surface area contributed by atoms with Crippen molar-refractivity contribution < 1.29 is 48.4 Å². The summed E-state index contributed by atoms with van der Waals surface area (Å²) < 4.78 is 16.7. The van der Waals surface area contributed by atoms with Crippen LogP contribution in [0.3, 0.4) is 0 Å². The molecule has 0 aliphatic rings. The molecule has 2 N–H and O–H groups in total. The van der Waals surface area contributed by atoms with Gasteiger partial charge in [-0.1, -0.05) is 85.4 Å². The predicted molar refractivity (Wildman–Crippen MR) is 202 cm³/mol. The summed E-state index contributed by atoms with van der Waals surface area (Å²) in [4.78, 5) is 61.6. The normalized spacial score (nSPS) is 14.8. The summed E-state index contributed by atoms with van der Waals surface area (Å²) in [5.74, 6) is -3.21. The van der Waals surface area contributed by atoms with Crippen molar-refractivity contribution in [3.8, 4) is 0 Å². The molecule has 0 heterocycles. The van der Waals surface area contributed by atoms with Crippen molar-refractivity contribution in [3.63, 3.8) is 0 Å². The number of aromatic carboxylic acids is 1. The zero-order valence-electron chi connectivity index (χ0n) is 33.5. The molecular weight excluding hydrogens is 664 g/mol. The lowest BCUT2D eigenvalue weighted by atomic mass is 9.79. The Bertz CT molecular complexity index is 1270. The molecular formula is C42H68O10. The van der Waals surface area contributed by atoms with Crippen molar-refractivity contribution in [2.75, 3.05) is 6.61 Å². The lowest BCUT2D eigenvalue weighted by Crippen LogP contribution is -2.35. The minimum absolute atomic E-state index is 0.131. The van der Waals surface area contributed by atoms with Crippen LogP contribution in [0.15, 0.2) is 24.3 Å². The van der Waals surface area contributed by atoms with Crippen LogP contribution in [0.4, 0.5) is 0 Å². The standard InChI is InChI=1S/C42H68O10/c1-30(43)51-32(21-18-25-40(3,4)5)19-12-10-16-26-42(9,27-17-11-13-20-33(52-31(2)44)24-28-41(6,7)8)39(49)50-29-36(45)37(46)34-22-14-15-23-35(34)38(47)48/h14-15,22-23,32-33,36,45H,10-13,16-21,24-29H2,1-9H3,(H,47,48). The van der Waals surface area contributed by atoms with E-state index < -0.39 is 35.8 Å². The monoisotopic (exact) mass is 732 g/mol. The Hall–Kier alpha value is -3.27. The SMILES string of the molecule is CC(=O)OC(CCCCCC(C)(CCCCCC(CCC(C)(C)C)OC(C)=O)C(=O)OCC(O)C(=O)c1ccccc1C(=O)O)CCCC(C)(C)C. The molecule has 10 heteroatoms. The number of benzene rings is 1. The molecule has 0 amide bonds. The third kappa shape index (κ3) is 20.1. The molecule has 1 aromatic rings. The van der Waals surface area contributed by atoms with Crippen LogP contribution in [0.1, 0.15) is 179 Å². The quantitative estimate of drug-likeness (QED) is 0.0430. The van der Waals surface area contributed by atoms with Crippen molar-refractivity contribution >= 4 is 29.7 Å². The van der Waals surface area contributed by atoms with Gasteiger partial charge in [-0.15, -0.1) is 0 Å². The van der Waals surface area contributed by atoms with Crippen molar-refractivity contribution in [3.05, 3.63) is 35.4 Å². The number of ether oxygens (including phenoxy) is 3. The van der Waals surface area contributed by atoms with E-state index in [1.807, 2.05) is 6.92 Å². The summed E-state index contributed by atoms with van der Waals surface area (Å²) in [6.07, 6.45) is 9.86. The smallest absolute Gasteiger partial charge is 0.336 e. The van der Waals surface area contributed by atoms with E-state index in [9.17, 15) is 34.2 Å². The van der Waals surface area contributed by atoms with Gasteiger partial charge in [0.2, 0.25) is 0 Å². The second-order valence-corrected chi connectivity index (χ2v) is 17.1. The Morgan fingerprint density at radius 3 is 1.54 bits per heavy atom. The van der Waals surface area contributed by atoms with Crippen LogP contribution in [0.5, 0.6) is 0 Å². The van der Waals surface area contributed by atoms with E-state index in [1.165, 1.54) is 38.1 Å². The molecule has 0 aromatic heterocycles. The van der Waals surface area contributed by atoms with E-state index >= 15 is 0 Å². The summed E-state index contributed by atoms with van der Waals surface area (Å²) in [7, 11) is 0. The molecule has 4 atom stereocenters. The molecule has 0 radical (unpaired) electrons. The van der Waals surface area contributed by atoms with Crippen molar-refractivity contribution in [2.45, 2.75) is 177 Å². The maximum absolute atomic E-state index is 13.6. The van der Waals surface area contributed by atoms with Crippen LogP contribution in [0.2, 0.25) is 0 Å². The fraction of sp³-hybridized carbons (Fsp3) is 0.738. The van der Waals surface area contributed by atoms with Gasteiger partial charge in [-0.3, -0.25) is 19.2 Å². The molecule has 0 fully saturated rings. The van der Waals surface area contributed by atoms with Gasteiger partial charge in [-0.25, -0.2) is 4.79 Å². The molecule has 4 unspecified atom stereocenters. The number of Topliss-reactive ketones (excluding diaryl/α,β-unsaturated/α-hetero) is 1. The highest BCUT2D eigenvalue weighted by atomic mass is 16.6. The number of carbonyl (C=O) groups excluding carboxylic acids is 4. The molecule has 1 rings (SSSR count). The second kappa shape index (κ2) is 22.7. The molecule has 1 aromatic carbocycles. The van der Waals surface area contributed by atoms with Crippen LogP contribution < -0.4 is 0 Å². The molecule has 0 bridgehead atoms. The molecule has 0 aliphatic carbocycles. The van der Waals surface area contributed by atoms with Gasteiger partial charge in [-0.2, -0.15) is 0 Å². The first-order valence-corrected chi connectivity index (χ1v) is 19.2. The third-order valence-electron chi connectivity index (χ3n) is 9.43. The molecule has 0 saturated heterocycles. The molecule has 52 heavy (non-hydrogen) atoms. The predicted octanol–water partition coefficient (Wildman–Crippen LogP) is 9.29.